The van der Waals surface area contributed by atoms with Crippen molar-refractivity contribution in [2.45, 2.75) is 43.0 Å². The molecular weight excluding hydrogens is 418 g/mol. The molecule has 8 nitrogen and oxygen atoms in total. The second-order valence-electron chi connectivity index (χ2n) is 8.35. The van der Waals surface area contributed by atoms with E-state index in [0.717, 1.165) is 5.69 Å². The van der Waals surface area contributed by atoms with Gasteiger partial charge in [-0.3, -0.25) is 0 Å². The Labute approximate surface area is 183 Å². The molecule has 4 heterocycles. The number of nitrogens with one attached hydrogen (secondary N) is 1. The summed E-state index contributed by atoms with van der Waals surface area (Å²) in [7, 11) is 3.37. The highest BCUT2D eigenvalue weighted by Crippen LogP contribution is 2.42. The zero-order valence-electron chi connectivity index (χ0n) is 17.7. The number of methoxy groups -OCH3 is 1. The van der Waals surface area contributed by atoms with Crippen LogP contribution in [0.15, 0.2) is 49.1 Å². The average molecular weight is 442 g/mol. The molecule has 0 spiro atoms. The highest BCUT2D eigenvalue weighted by atomic mass is 19.3. The number of benzene rings is 1. The number of nitrogens with zero attached hydrogens (tertiary/aromatic N) is 5. The Morgan fingerprint density at radius 2 is 2.09 bits per heavy atom. The Bertz CT molecular complexity index is 1090. The van der Waals surface area contributed by atoms with Crippen LogP contribution in [0.25, 0.3) is 16.9 Å². The SMILES string of the molecule is CO[C@H]1[C@H]2CC(F)(F)[C@@H](C[C@@H]1N(C)c1ccc(-c3ccc(-n4ccnc4)cc3O)nn1)N2. The van der Waals surface area contributed by atoms with Crippen molar-refractivity contribution in [3.63, 3.8) is 0 Å². The van der Waals surface area contributed by atoms with E-state index < -0.39 is 18.0 Å². The molecule has 0 unspecified atom stereocenters. The second kappa shape index (κ2) is 7.79. The van der Waals surface area contributed by atoms with Gasteiger partial charge in [0.2, 0.25) is 0 Å². The number of alkyl halides is 2. The Balaban J connectivity index is 1.37. The summed E-state index contributed by atoms with van der Waals surface area (Å²) >= 11 is 0. The maximum Gasteiger partial charge on any atom is 0.264 e. The summed E-state index contributed by atoms with van der Waals surface area (Å²) in [6, 6.07) is 7.26. The normalized spacial score (nSPS) is 26.2. The van der Waals surface area contributed by atoms with Gasteiger partial charge in [-0.25, -0.2) is 13.8 Å². The highest BCUT2D eigenvalue weighted by molar-refractivity contribution is 5.69. The van der Waals surface area contributed by atoms with E-state index in [1.54, 1.807) is 54.7 Å². The fourth-order valence-electron chi connectivity index (χ4n) is 4.81. The summed E-state index contributed by atoms with van der Waals surface area (Å²) in [5, 5.41) is 22.1. The molecule has 10 heteroatoms. The van der Waals surface area contributed by atoms with Gasteiger partial charge in [-0.2, -0.15) is 0 Å². The van der Waals surface area contributed by atoms with Gasteiger partial charge >= 0.3 is 0 Å². The third-order valence-corrected chi connectivity index (χ3v) is 6.51. The summed E-state index contributed by atoms with van der Waals surface area (Å²) < 4.78 is 35.9. The number of halogens is 2. The number of fused-ring (bicyclic) bond motifs is 2. The van der Waals surface area contributed by atoms with Crippen molar-refractivity contribution >= 4 is 5.82 Å². The largest absolute Gasteiger partial charge is 0.507 e. The standard InChI is InChI=1S/C22H24F2N6O2/c1-29(17-10-19-22(23,24)11-16(26-19)21(17)32-2)20-6-5-15(27-28-20)14-4-3-13(9-18(14)31)30-8-7-25-12-30/h3-9,12,16-17,19,21,26,31H,10-11H2,1-2H3/t16-,17+,19-,21+/m1/s1. The molecule has 5 rings (SSSR count). The molecule has 2 aromatic heterocycles. The molecule has 0 amide bonds. The van der Waals surface area contributed by atoms with E-state index >= 15 is 0 Å². The molecule has 2 aliphatic heterocycles. The Morgan fingerprint density at radius 3 is 2.75 bits per heavy atom. The lowest BCUT2D eigenvalue weighted by molar-refractivity contribution is -0.0139. The van der Waals surface area contributed by atoms with Gasteiger partial charge in [-0.1, -0.05) is 0 Å². The summed E-state index contributed by atoms with van der Waals surface area (Å²) in [6.07, 6.45) is 4.74. The average Bonchev–Trinajstić information content (AvgIpc) is 3.40. The minimum Gasteiger partial charge on any atom is -0.507 e. The number of aromatic hydroxyl groups is 1. The second-order valence-corrected chi connectivity index (χ2v) is 8.35. The Hall–Kier alpha value is -3.11. The van der Waals surface area contributed by atoms with Crippen LogP contribution in [0.2, 0.25) is 0 Å². The number of likely N-dealkylation sites (N-methyl/N-ethyl adjacent to an activating group) is 1. The minimum absolute atomic E-state index is 0.0724. The molecule has 168 valence electrons. The quantitative estimate of drug-likeness (QED) is 0.628. The lowest BCUT2D eigenvalue weighted by Gasteiger charge is -2.41. The minimum atomic E-state index is -2.74. The first kappa shape index (κ1) is 20.8. The van der Waals surface area contributed by atoms with Crippen molar-refractivity contribution in [3.8, 4) is 22.7 Å². The fraction of sp³-hybridized carbons (Fsp3) is 0.409. The summed E-state index contributed by atoms with van der Waals surface area (Å²) in [5.41, 5.74) is 1.83. The maximum atomic E-state index is 14.3. The first-order valence-corrected chi connectivity index (χ1v) is 10.4. The molecule has 4 atom stereocenters. The van der Waals surface area contributed by atoms with Gasteiger partial charge in [0.15, 0.2) is 5.82 Å². The van der Waals surface area contributed by atoms with Gasteiger partial charge in [0.25, 0.3) is 5.92 Å². The number of ether oxygens (including phenoxy) is 1. The Morgan fingerprint density at radius 1 is 1.25 bits per heavy atom. The predicted octanol–water partition coefficient (Wildman–Crippen LogP) is 2.62. The highest BCUT2D eigenvalue weighted by Gasteiger charge is 2.57. The zero-order valence-corrected chi connectivity index (χ0v) is 17.7. The summed E-state index contributed by atoms with van der Waals surface area (Å²) in [4.78, 5) is 5.86. The zero-order chi connectivity index (χ0) is 22.5. The van der Waals surface area contributed by atoms with Crippen LogP contribution in [-0.2, 0) is 4.74 Å². The number of phenols is 1. The molecule has 1 aromatic carbocycles. The van der Waals surface area contributed by atoms with E-state index in [9.17, 15) is 13.9 Å². The first-order chi connectivity index (χ1) is 15.4. The van der Waals surface area contributed by atoms with Gasteiger partial charge in [0.05, 0.1) is 35.9 Å². The van der Waals surface area contributed by atoms with E-state index in [0.29, 0.717) is 17.1 Å². The number of hydrogen-bond acceptors (Lipinski definition) is 7. The molecular formula is C22H24F2N6O2. The number of aromatic nitrogens is 4. The van der Waals surface area contributed by atoms with Gasteiger partial charge < -0.3 is 24.6 Å². The van der Waals surface area contributed by atoms with Crippen LogP contribution in [0.1, 0.15) is 12.8 Å². The summed E-state index contributed by atoms with van der Waals surface area (Å²) in [5.74, 6) is -2.12. The van der Waals surface area contributed by atoms with Crippen molar-refractivity contribution in [3.05, 3.63) is 49.1 Å². The van der Waals surface area contributed by atoms with Crippen molar-refractivity contribution in [2.24, 2.45) is 0 Å². The van der Waals surface area contributed by atoms with E-state index in [1.807, 2.05) is 18.0 Å². The van der Waals surface area contributed by atoms with Crippen molar-refractivity contribution in [2.75, 3.05) is 19.1 Å². The first-order valence-electron chi connectivity index (χ1n) is 10.4. The number of piperidine rings is 1. The molecule has 2 saturated heterocycles. The third kappa shape index (κ3) is 3.49. The van der Waals surface area contributed by atoms with Crippen LogP contribution in [0.3, 0.4) is 0 Å². The van der Waals surface area contributed by atoms with Gasteiger partial charge in [-0.05, 0) is 30.7 Å². The molecule has 2 N–H and O–H groups in total. The molecule has 0 radical (unpaired) electrons. The molecule has 2 aliphatic rings. The van der Waals surface area contributed by atoms with Crippen molar-refractivity contribution in [1.82, 2.24) is 25.1 Å². The molecule has 32 heavy (non-hydrogen) atoms. The molecule has 2 bridgehead atoms. The maximum absolute atomic E-state index is 14.3. The topological polar surface area (TPSA) is 88.3 Å². The summed E-state index contributed by atoms with van der Waals surface area (Å²) in [6.45, 7) is 0. The molecule has 0 aliphatic carbocycles. The molecule has 2 fully saturated rings. The predicted molar refractivity (Wildman–Crippen MR) is 114 cm³/mol. The van der Waals surface area contributed by atoms with Crippen molar-refractivity contribution in [1.29, 1.82) is 0 Å². The van der Waals surface area contributed by atoms with Crippen LogP contribution in [0.4, 0.5) is 14.6 Å². The van der Waals surface area contributed by atoms with Crippen molar-refractivity contribution < 1.29 is 18.6 Å². The van der Waals surface area contributed by atoms with Crippen LogP contribution >= 0.6 is 0 Å². The van der Waals surface area contributed by atoms with E-state index in [1.165, 1.54) is 0 Å². The number of rotatable bonds is 5. The van der Waals surface area contributed by atoms with Gasteiger partial charge in [0.1, 0.15) is 5.75 Å². The van der Waals surface area contributed by atoms with Crippen LogP contribution in [0, 0.1) is 0 Å². The van der Waals surface area contributed by atoms with Crippen LogP contribution < -0.4 is 10.2 Å². The number of hydrogen-bond donors (Lipinski definition) is 2. The third-order valence-electron chi connectivity index (χ3n) is 6.51. The number of imidazole rings is 1. The smallest absolute Gasteiger partial charge is 0.264 e. The fourth-order valence-corrected chi connectivity index (χ4v) is 4.81. The lowest BCUT2D eigenvalue weighted by Crippen LogP contribution is -2.59. The van der Waals surface area contributed by atoms with E-state index in [4.69, 9.17) is 4.74 Å². The van der Waals surface area contributed by atoms with Gasteiger partial charge in [0, 0.05) is 50.6 Å². The van der Waals surface area contributed by atoms with Gasteiger partial charge in [-0.15, -0.1) is 10.2 Å². The molecule has 0 saturated carbocycles. The lowest BCUT2D eigenvalue weighted by atomic mass is 9.95. The van der Waals surface area contributed by atoms with Crippen LogP contribution in [-0.4, -0.2) is 69.2 Å². The van der Waals surface area contributed by atoms with E-state index in [-0.39, 0.29) is 30.7 Å². The number of phenolic OH excluding ortho intramolecular Hbond substituents is 1. The van der Waals surface area contributed by atoms with E-state index in [2.05, 4.69) is 20.5 Å². The monoisotopic (exact) mass is 442 g/mol. The Kier molecular flexibility index (Phi) is 5.06. The number of anilines is 1. The molecule has 3 aromatic rings. The van der Waals surface area contributed by atoms with Crippen LogP contribution in [0.5, 0.6) is 5.75 Å².